The van der Waals surface area contributed by atoms with E-state index in [0.29, 0.717) is 0 Å². The lowest BCUT2D eigenvalue weighted by atomic mass is 9.67. The Labute approximate surface area is 85.3 Å². The molecule has 2 nitrogen and oxygen atoms in total. The van der Waals surface area contributed by atoms with E-state index >= 15 is 0 Å². The summed E-state index contributed by atoms with van der Waals surface area (Å²) in [6.45, 7) is 6.61. The lowest BCUT2D eigenvalue weighted by Crippen LogP contribution is -2.29. The molecule has 1 aliphatic carbocycles. The molecule has 14 heavy (non-hydrogen) atoms. The summed E-state index contributed by atoms with van der Waals surface area (Å²) in [5, 5.41) is 8.50. The van der Waals surface area contributed by atoms with Crippen molar-refractivity contribution in [3.63, 3.8) is 0 Å². The number of rotatable bonds is 3. The molecule has 78 valence electrons. The van der Waals surface area contributed by atoms with Crippen LogP contribution in [0, 0.1) is 10.8 Å². The van der Waals surface area contributed by atoms with Crippen LogP contribution in [-0.2, 0) is 4.79 Å². The minimum absolute atomic E-state index is 0.163. The first-order chi connectivity index (χ1) is 6.37. The van der Waals surface area contributed by atoms with E-state index in [2.05, 4.69) is 32.9 Å². The number of carboxylic acids is 1. The van der Waals surface area contributed by atoms with Crippen LogP contribution in [0.5, 0.6) is 0 Å². The predicted molar refractivity (Wildman–Crippen MR) is 57.0 cm³/mol. The minimum atomic E-state index is -0.864. The van der Waals surface area contributed by atoms with Gasteiger partial charge in [-0.15, -0.1) is 0 Å². The average Bonchev–Trinajstić information content (AvgIpc) is 2.26. The Morgan fingerprint density at radius 1 is 1.50 bits per heavy atom. The SMILES string of the molecule is CC1(C)C=CCC1(C)CC=CC(=O)O. The van der Waals surface area contributed by atoms with Crippen LogP contribution in [0.3, 0.4) is 0 Å². The van der Waals surface area contributed by atoms with E-state index in [4.69, 9.17) is 5.11 Å². The Morgan fingerprint density at radius 2 is 2.14 bits per heavy atom. The highest BCUT2D eigenvalue weighted by molar-refractivity contribution is 5.79. The molecular weight excluding hydrogens is 176 g/mol. The molecule has 0 amide bonds. The summed E-state index contributed by atoms with van der Waals surface area (Å²) in [5.74, 6) is -0.864. The highest BCUT2D eigenvalue weighted by Crippen LogP contribution is 2.50. The van der Waals surface area contributed by atoms with Gasteiger partial charge in [0, 0.05) is 6.08 Å². The van der Waals surface area contributed by atoms with Gasteiger partial charge < -0.3 is 5.11 Å². The Morgan fingerprint density at radius 3 is 2.57 bits per heavy atom. The van der Waals surface area contributed by atoms with E-state index in [0.717, 1.165) is 12.8 Å². The molecule has 0 saturated carbocycles. The second kappa shape index (κ2) is 3.60. The Kier molecular flexibility index (Phi) is 2.84. The Balaban J connectivity index is 2.64. The first kappa shape index (κ1) is 11.0. The van der Waals surface area contributed by atoms with Crippen LogP contribution in [0.15, 0.2) is 24.3 Å². The van der Waals surface area contributed by atoms with Crippen molar-refractivity contribution in [3.8, 4) is 0 Å². The zero-order valence-electron chi connectivity index (χ0n) is 9.08. The van der Waals surface area contributed by atoms with Crippen molar-refractivity contribution in [3.05, 3.63) is 24.3 Å². The molecule has 2 heteroatoms. The summed E-state index contributed by atoms with van der Waals surface area (Å²) in [5.41, 5.74) is 0.328. The zero-order valence-corrected chi connectivity index (χ0v) is 9.08. The van der Waals surface area contributed by atoms with E-state index in [1.54, 1.807) is 6.08 Å². The number of allylic oxidation sites excluding steroid dienone is 3. The van der Waals surface area contributed by atoms with Gasteiger partial charge in [0.05, 0.1) is 0 Å². The molecule has 1 aliphatic rings. The predicted octanol–water partition coefficient (Wildman–Crippen LogP) is 3.01. The van der Waals surface area contributed by atoms with Crippen molar-refractivity contribution in [1.82, 2.24) is 0 Å². The molecule has 0 aromatic heterocycles. The Bertz CT molecular complexity index is 287. The molecule has 0 spiro atoms. The molecule has 0 bridgehead atoms. The van der Waals surface area contributed by atoms with Crippen LogP contribution < -0.4 is 0 Å². The van der Waals surface area contributed by atoms with Crippen molar-refractivity contribution in [1.29, 1.82) is 0 Å². The van der Waals surface area contributed by atoms with Crippen LogP contribution in [0.4, 0.5) is 0 Å². The molecule has 1 unspecified atom stereocenters. The summed E-state index contributed by atoms with van der Waals surface area (Å²) in [6.07, 6.45) is 9.26. The quantitative estimate of drug-likeness (QED) is 0.554. The number of aliphatic carboxylic acids is 1. The fraction of sp³-hybridized carbons (Fsp3) is 0.583. The molecule has 1 N–H and O–H groups in total. The molecule has 0 saturated heterocycles. The lowest BCUT2D eigenvalue weighted by molar-refractivity contribution is -0.131. The minimum Gasteiger partial charge on any atom is -0.478 e. The van der Waals surface area contributed by atoms with Crippen LogP contribution in [-0.4, -0.2) is 11.1 Å². The van der Waals surface area contributed by atoms with Crippen LogP contribution in [0.2, 0.25) is 0 Å². The Hall–Kier alpha value is -1.05. The van der Waals surface area contributed by atoms with Gasteiger partial charge in [-0.3, -0.25) is 0 Å². The second-order valence-electron chi connectivity index (χ2n) is 4.83. The number of carbonyl (C=O) groups is 1. The number of hydrogen-bond acceptors (Lipinski definition) is 1. The second-order valence-corrected chi connectivity index (χ2v) is 4.83. The standard InChI is InChI=1S/C12H18O2/c1-11(2)7-5-9-12(11,3)8-4-6-10(13)14/h4-7H,8-9H2,1-3H3,(H,13,14). The average molecular weight is 194 g/mol. The van der Waals surface area contributed by atoms with Gasteiger partial charge in [-0.25, -0.2) is 4.79 Å². The monoisotopic (exact) mass is 194 g/mol. The maximum atomic E-state index is 10.3. The van der Waals surface area contributed by atoms with E-state index in [1.165, 1.54) is 6.08 Å². The largest absolute Gasteiger partial charge is 0.478 e. The molecule has 0 fully saturated rings. The summed E-state index contributed by atoms with van der Waals surface area (Å²) < 4.78 is 0. The van der Waals surface area contributed by atoms with Gasteiger partial charge in [0.1, 0.15) is 0 Å². The highest BCUT2D eigenvalue weighted by atomic mass is 16.4. The van der Waals surface area contributed by atoms with Gasteiger partial charge in [0.15, 0.2) is 0 Å². The molecule has 0 aromatic carbocycles. The van der Waals surface area contributed by atoms with Gasteiger partial charge >= 0.3 is 5.97 Å². The van der Waals surface area contributed by atoms with Gasteiger partial charge in [0.25, 0.3) is 0 Å². The molecule has 0 aliphatic heterocycles. The molecule has 1 atom stereocenters. The van der Waals surface area contributed by atoms with E-state index < -0.39 is 5.97 Å². The molecule has 0 aromatic rings. The maximum Gasteiger partial charge on any atom is 0.327 e. The van der Waals surface area contributed by atoms with Gasteiger partial charge in [-0.1, -0.05) is 39.0 Å². The van der Waals surface area contributed by atoms with E-state index in [1.807, 2.05) is 0 Å². The molecule has 0 heterocycles. The highest BCUT2D eigenvalue weighted by Gasteiger charge is 2.40. The summed E-state index contributed by atoms with van der Waals surface area (Å²) >= 11 is 0. The summed E-state index contributed by atoms with van der Waals surface area (Å²) in [6, 6.07) is 0. The van der Waals surface area contributed by atoms with Crippen molar-refractivity contribution < 1.29 is 9.90 Å². The third-order valence-electron chi connectivity index (χ3n) is 3.49. The third kappa shape index (κ3) is 2.06. The molecule has 0 radical (unpaired) electrons. The van der Waals surface area contributed by atoms with Crippen LogP contribution in [0.1, 0.15) is 33.6 Å². The van der Waals surface area contributed by atoms with Gasteiger partial charge in [0.2, 0.25) is 0 Å². The number of hydrogen-bond donors (Lipinski definition) is 1. The fourth-order valence-corrected chi connectivity index (χ4v) is 1.84. The first-order valence-electron chi connectivity index (χ1n) is 4.95. The topological polar surface area (TPSA) is 37.3 Å². The maximum absolute atomic E-state index is 10.3. The van der Waals surface area contributed by atoms with E-state index in [-0.39, 0.29) is 10.8 Å². The van der Waals surface area contributed by atoms with E-state index in [9.17, 15) is 4.79 Å². The smallest absolute Gasteiger partial charge is 0.327 e. The zero-order chi connectivity index (χ0) is 10.8. The summed E-state index contributed by atoms with van der Waals surface area (Å²) in [4.78, 5) is 10.3. The molecular formula is C12H18O2. The van der Waals surface area contributed by atoms with Gasteiger partial charge in [-0.05, 0) is 23.7 Å². The van der Waals surface area contributed by atoms with Crippen LogP contribution >= 0.6 is 0 Å². The summed E-state index contributed by atoms with van der Waals surface area (Å²) in [7, 11) is 0. The van der Waals surface area contributed by atoms with Crippen LogP contribution in [0.25, 0.3) is 0 Å². The third-order valence-corrected chi connectivity index (χ3v) is 3.49. The van der Waals surface area contributed by atoms with Crippen molar-refractivity contribution in [2.75, 3.05) is 0 Å². The van der Waals surface area contributed by atoms with Crippen molar-refractivity contribution >= 4 is 5.97 Å². The fourth-order valence-electron chi connectivity index (χ4n) is 1.84. The number of carboxylic acid groups (broad SMARTS) is 1. The van der Waals surface area contributed by atoms with Gasteiger partial charge in [-0.2, -0.15) is 0 Å². The van der Waals surface area contributed by atoms with Crippen molar-refractivity contribution in [2.45, 2.75) is 33.6 Å². The lowest BCUT2D eigenvalue weighted by Gasteiger charge is -2.37. The first-order valence-corrected chi connectivity index (χ1v) is 4.95. The van der Waals surface area contributed by atoms with Crippen molar-refractivity contribution in [2.24, 2.45) is 10.8 Å². The molecule has 1 rings (SSSR count). The normalized spacial score (nSPS) is 29.9.